The Bertz CT molecular complexity index is 3310. The van der Waals surface area contributed by atoms with Gasteiger partial charge in [0.1, 0.15) is 0 Å². The molecule has 4 heteroatoms. The summed E-state index contributed by atoms with van der Waals surface area (Å²) in [4.78, 5) is 0. The Labute approximate surface area is 339 Å². The first-order chi connectivity index (χ1) is 28.3. The predicted molar refractivity (Wildman–Crippen MR) is 240 cm³/mol. The van der Waals surface area contributed by atoms with Crippen molar-refractivity contribution in [3.63, 3.8) is 0 Å². The molecule has 1 heterocycles. The Balaban J connectivity index is 1.09. The van der Waals surface area contributed by atoms with Crippen LogP contribution in [0.15, 0.2) is 182 Å². The molecule has 0 radical (unpaired) electrons. The zero-order valence-electron chi connectivity index (χ0n) is 31.4. The summed E-state index contributed by atoms with van der Waals surface area (Å²) in [5, 5.41) is 11.7. The first-order valence-corrected chi connectivity index (χ1v) is 21.1. The second kappa shape index (κ2) is 13.3. The number of benzene rings is 10. The summed E-state index contributed by atoms with van der Waals surface area (Å²) in [5.41, 5.74) is 9.56. The first kappa shape index (κ1) is 34.8. The molecule has 276 valence electrons. The molecule has 0 nitrogen and oxygen atoms in total. The van der Waals surface area contributed by atoms with Gasteiger partial charge in [0.05, 0.1) is 0 Å². The molecule has 0 fully saturated rings. The van der Waals surface area contributed by atoms with Gasteiger partial charge in [0.25, 0.3) is 0 Å². The number of aryl methyl sites for hydroxylation is 1. The van der Waals surface area contributed by atoms with E-state index >= 15 is 0 Å². The van der Waals surface area contributed by atoms with Crippen molar-refractivity contribution < 1.29 is 13.2 Å². The summed E-state index contributed by atoms with van der Waals surface area (Å²) in [6.07, 6.45) is -4.39. The molecule has 0 saturated heterocycles. The number of hydrogen-bond donors (Lipinski definition) is 0. The van der Waals surface area contributed by atoms with Crippen molar-refractivity contribution in [2.45, 2.75) is 13.1 Å². The summed E-state index contributed by atoms with van der Waals surface area (Å²) < 4.78 is 43.4. The monoisotopic (exact) mass is 818 g/mol. The van der Waals surface area contributed by atoms with Crippen LogP contribution in [-0.4, -0.2) is 14.5 Å². The Kier molecular flexibility index (Phi) is 7.98. The molecule has 0 aliphatic rings. The molecule has 58 heavy (non-hydrogen) atoms. The Hall–Kier alpha value is -6.45. The third-order valence-electron chi connectivity index (χ3n) is 11.8. The summed E-state index contributed by atoms with van der Waals surface area (Å²) in [5.74, 6) is 0. The van der Waals surface area contributed by atoms with Crippen LogP contribution in [0.5, 0.6) is 0 Å². The molecule has 1 aromatic heterocycles. The predicted octanol–water partition coefficient (Wildman–Crippen LogP) is 15.7. The van der Waals surface area contributed by atoms with Gasteiger partial charge in [0.2, 0.25) is 0 Å². The van der Waals surface area contributed by atoms with Crippen molar-refractivity contribution in [3.8, 4) is 44.5 Å². The summed E-state index contributed by atoms with van der Waals surface area (Å²) in [6.45, 7) is 2.13. The van der Waals surface area contributed by atoms with Crippen molar-refractivity contribution in [1.82, 2.24) is 0 Å². The van der Waals surface area contributed by atoms with Gasteiger partial charge in [-0.2, -0.15) is 13.2 Å². The van der Waals surface area contributed by atoms with Gasteiger partial charge in [-0.15, -0.1) is 0 Å². The molecular weight excluding hydrogens is 785 g/mol. The topological polar surface area (TPSA) is 0 Å². The summed E-state index contributed by atoms with van der Waals surface area (Å²) in [6, 6.07) is 62.6. The quantitative estimate of drug-likeness (QED) is 0.123. The maximum atomic E-state index is 13.5. The average molecular weight is 818 g/mol. The van der Waals surface area contributed by atoms with Crippen molar-refractivity contribution in [1.29, 1.82) is 0 Å². The molecule has 0 saturated carbocycles. The number of fused-ring (bicyclic) bond motifs is 7. The van der Waals surface area contributed by atoms with Gasteiger partial charge in [-0.25, -0.2) is 0 Å². The van der Waals surface area contributed by atoms with E-state index in [1.807, 2.05) is 24.3 Å². The van der Waals surface area contributed by atoms with Crippen molar-refractivity contribution in [3.05, 3.63) is 193 Å². The molecule has 0 spiro atoms. The molecule has 0 amide bonds. The molecule has 0 atom stereocenters. The van der Waals surface area contributed by atoms with Crippen LogP contribution >= 0.6 is 0 Å². The van der Waals surface area contributed by atoms with E-state index in [0.29, 0.717) is 0 Å². The van der Waals surface area contributed by atoms with E-state index < -0.39 is 11.7 Å². The van der Waals surface area contributed by atoms with E-state index in [1.165, 1.54) is 80.8 Å². The van der Waals surface area contributed by atoms with E-state index in [4.69, 9.17) is 0 Å². The van der Waals surface area contributed by atoms with Gasteiger partial charge in [-0.05, 0) is 0 Å². The molecule has 0 aliphatic carbocycles. The van der Waals surface area contributed by atoms with Gasteiger partial charge >= 0.3 is 328 Å². The van der Waals surface area contributed by atoms with Gasteiger partial charge in [-0.1, -0.05) is 0 Å². The number of rotatable bonds is 4. The molecule has 11 aromatic rings. The molecule has 0 N–H and O–H groups in total. The standard InChI is InChI=1S/C54H33F3Se/c1-32-18-20-33(21-19-32)50-41-12-4-8-16-45(41)53(46-17-9-5-13-42(46)50)36-24-28-38-47-30-35(25-29-48(47)58-49(38)31-36)52-43-14-6-2-10-39(43)51(40-11-3-7-15-44(40)52)34-22-26-37(27-23-34)54(55,56)57/h2-31H,1H3. The minimum atomic E-state index is -4.39. The molecule has 11 rings (SSSR count). The molecular formula is C54H33F3Se. The summed E-state index contributed by atoms with van der Waals surface area (Å²) in [7, 11) is 0. The molecule has 0 aliphatic heterocycles. The van der Waals surface area contributed by atoms with E-state index in [2.05, 4.69) is 140 Å². The van der Waals surface area contributed by atoms with Crippen LogP contribution in [0.3, 0.4) is 0 Å². The molecule has 10 aromatic carbocycles. The van der Waals surface area contributed by atoms with Crippen molar-refractivity contribution >= 4 is 76.9 Å². The number of halogens is 3. The fourth-order valence-electron chi connectivity index (χ4n) is 9.14. The van der Waals surface area contributed by atoms with Gasteiger partial charge in [-0.3, -0.25) is 0 Å². The maximum absolute atomic E-state index is 13.5. The molecule has 0 unspecified atom stereocenters. The number of hydrogen-bond acceptors (Lipinski definition) is 0. The van der Waals surface area contributed by atoms with Gasteiger partial charge < -0.3 is 0 Å². The SMILES string of the molecule is Cc1ccc(-c2c3ccccc3c(-c3ccc4c(c3)[se]c3ccc(-c5c6ccccc6c(-c6ccc(C(F)(F)F)cc6)c6ccccc56)cc34)c3ccccc23)cc1. The number of alkyl halides is 3. The third kappa shape index (κ3) is 5.51. The Morgan fingerprint density at radius 2 is 0.690 bits per heavy atom. The second-order valence-corrected chi connectivity index (χ2v) is 17.4. The van der Waals surface area contributed by atoms with Crippen molar-refractivity contribution in [2.75, 3.05) is 0 Å². The van der Waals surface area contributed by atoms with Crippen LogP contribution in [0.2, 0.25) is 0 Å². The minimum absolute atomic E-state index is 0.128. The first-order valence-electron chi connectivity index (χ1n) is 19.4. The van der Waals surface area contributed by atoms with Crippen LogP contribution in [0, 0.1) is 6.92 Å². The zero-order valence-corrected chi connectivity index (χ0v) is 33.1. The van der Waals surface area contributed by atoms with Crippen LogP contribution in [0.1, 0.15) is 11.1 Å². The summed E-state index contributed by atoms with van der Waals surface area (Å²) >= 11 is 0.128. The second-order valence-electron chi connectivity index (χ2n) is 15.1. The van der Waals surface area contributed by atoms with Crippen molar-refractivity contribution in [2.24, 2.45) is 0 Å². The fourth-order valence-corrected chi connectivity index (χ4v) is 11.5. The zero-order chi connectivity index (χ0) is 39.1. The van der Waals surface area contributed by atoms with Crippen LogP contribution in [0.25, 0.3) is 107 Å². The fraction of sp³-hybridized carbons (Fsp3) is 0.0370. The Morgan fingerprint density at radius 1 is 0.328 bits per heavy atom. The average Bonchev–Trinajstić information content (AvgIpc) is 3.62. The van der Waals surface area contributed by atoms with Crippen LogP contribution in [0.4, 0.5) is 13.2 Å². The van der Waals surface area contributed by atoms with Crippen LogP contribution < -0.4 is 0 Å². The third-order valence-corrected chi connectivity index (χ3v) is 14.1. The van der Waals surface area contributed by atoms with E-state index in [1.54, 1.807) is 12.1 Å². The Morgan fingerprint density at radius 3 is 1.12 bits per heavy atom. The van der Waals surface area contributed by atoms with Crippen LogP contribution in [-0.2, 0) is 6.18 Å². The van der Waals surface area contributed by atoms with E-state index in [9.17, 15) is 13.2 Å². The van der Waals surface area contributed by atoms with Gasteiger partial charge in [0.15, 0.2) is 0 Å². The normalized spacial score (nSPS) is 12.1. The van der Waals surface area contributed by atoms with E-state index in [0.717, 1.165) is 43.8 Å². The van der Waals surface area contributed by atoms with Gasteiger partial charge in [0, 0.05) is 0 Å². The molecule has 0 bridgehead atoms. The van der Waals surface area contributed by atoms with E-state index in [-0.39, 0.29) is 14.5 Å².